The van der Waals surface area contributed by atoms with Crippen LogP contribution in [0.3, 0.4) is 0 Å². The fourth-order valence-electron chi connectivity index (χ4n) is 1.39. The Morgan fingerprint density at radius 2 is 2.18 bits per heavy atom. The molecule has 6 nitrogen and oxygen atoms in total. The molecular formula is C11H9N5O. The van der Waals surface area contributed by atoms with Gasteiger partial charge in [-0.25, -0.2) is 9.67 Å². The summed E-state index contributed by atoms with van der Waals surface area (Å²) in [7, 11) is 0. The van der Waals surface area contributed by atoms with Crippen LogP contribution in [0.2, 0.25) is 0 Å². The van der Waals surface area contributed by atoms with Crippen molar-refractivity contribution < 1.29 is 5.21 Å². The van der Waals surface area contributed by atoms with Crippen LogP contribution >= 0.6 is 0 Å². The van der Waals surface area contributed by atoms with Gasteiger partial charge in [0.15, 0.2) is 0 Å². The highest BCUT2D eigenvalue weighted by Gasteiger charge is 2.06. The van der Waals surface area contributed by atoms with Crippen molar-refractivity contribution in [3.8, 4) is 6.07 Å². The second-order valence-corrected chi connectivity index (χ2v) is 3.33. The molecule has 0 amide bonds. The Morgan fingerprint density at radius 1 is 1.41 bits per heavy atom. The van der Waals surface area contributed by atoms with Crippen molar-refractivity contribution in [3.63, 3.8) is 0 Å². The number of nitrogens with zero attached hydrogens (tertiary/aromatic N) is 5. The maximum absolute atomic E-state index is 8.97. The van der Waals surface area contributed by atoms with E-state index in [2.05, 4.69) is 15.2 Å². The van der Waals surface area contributed by atoms with E-state index in [4.69, 9.17) is 10.5 Å². The molecule has 2 aromatic rings. The van der Waals surface area contributed by atoms with Crippen LogP contribution in [-0.4, -0.2) is 25.7 Å². The number of nitriles is 1. The Hall–Kier alpha value is -2.68. The predicted molar refractivity (Wildman–Crippen MR) is 59.5 cm³/mol. The zero-order chi connectivity index (χ0) is 12.1. The molecule has 0 spiro atoms. The molecule has 1 aromatic heterocycles. The van der Waals surface area contributed by atoms with E-state index in [9.17, 15) is 0 Å². The average Bonchev–Trinajstić information content (AvgIpc) is 2.89. The largest absolute Gasteiger partial charge is 0.411 e. The van der Waals surface area contributed by atoms with E-state index in [1.165, 1.54) is 12.7 Å². The Kier molecular flexibility index (Phi) is 3.12. The lowest BCUT2D eigenvalue weighted by molar-refractivity contribution is 0.317. The molecule has 1 aromatic carbocycles. The Labute approximate surface area is 97.4 Å². The molecule has 0 radical (unpaired) electrons. The second-order valence-electron chi connectivity index (χ2n) is 3.33. The number of rotatable bonds is 3. The molecule has 17 heavy (non-hydrogen) atoms. The van der Waals surface area contributed by atoms with Gasteiger partial charge in [0, 0.05) is 5.56 Å². The highest BCUT2D eigenvalue weighted by Crippen LogP contribution is 2.06. The van der Waals surface area contributed by atoms with Gasteiger partial charge >= 0.3 is 0 Å². The number of hydrogen-bond acceptors (Lipinski definition) is 5. The van der Waals surface area contributed by atoms with Crippen molar-refractivity contribution in [2.45, 2.75) is 6.54 Å². The lowest BCUT2D eigenvalue weighted by Gasteiger charge is -2.04. The van der Waals surface area contributed by atoms with Gasteiger partial charge in [-0.3, -0.25) is 0 Å². The SMILES string of the molecule is N#Cc1ccc(/C(Cn2cncn2)=N/O)cc1. The van der Waals surface area contributed by atoms with Crippen molar-refractivity contribution in [2.75, 3.05) is 0 Å². The van der Waals surface area contributed by atoms with Crippen LogP contribution in [0.4, 0.5) is 0 Å². The third-order valence-electron chi connectivity index (χ3n) is 2.25. The molecule has 1 heterocycles. The fraction of sp³-hybridized carbons (Fsp3) is 0.0909. The number of oxime groups is 1. The molecule has 0 fully saturated rings. The number of hydrogen-bond donors (Lipinski definition) is 1. The van der Waals surface area contributed by atoms with Crippen molar-refractivity contribution in [3.05, 3.63) is 48.0 Å². The standard InChI is InChI=1S/C11H9N5O/c12-5-9-1-3-10(4-2-9)11(15-17)6-16-8-13-7-14-16/h1-4,7-8,17H,6H2/b15-11+. The van der Waals surface area contributed by atoms with Gasteiger partial charge in [0.05, 0.1) is 18.2 Å². The van der Waals surface area contributed by atoms with E-state index in [0.717, 1.165) is 5.56 Å². The third kappa shape index (κ3) is 2.46. The Bertz CT molecular complexity index is 551. The van der Waals surface area contributed by atoms with Crippen LogP contribution in [0.1, 0.15) is 11.1 Å². The molecule has 0 saturated heterocycles. The first kappa shape index (κ1) is 10.8. The van der Waals surface area contributed by atoms with E-state index in [0.29, 0.717) is 17.8 Å². The fourth-order valence-corrected chi connectivity index (χ4v) is 1.39. The Morgan fingerprint density at radius 3 is 2.71 bits per heavy atom. The summed E-state index contributed by atoms with van der Waals surface area (Å²) in [5, 5.41) is 24.8. The number of aromatic nitrogens is 3. The van der Waals surface area contributed by atoms with Crippen molar-refractivity contribution in [1.29, 1.82) is 5.26 Å². The van der Waals surface area contributed by atoms with Gasteiger partial charge in [-0.15, -0.1) is 0 Å². The zero-order valence-corrected chi connectivity index (χ0v) is 8.85. The van der Waals surface area contributed by atoms with Crippen molar-refractivity contribution in [2.24, 2.45) is 5.16 Å². The predicted octanol–water partition coefficient (Wildman–Crippen LogP) is 1.03. The highest BCUT2D eigenvalue weighted by molar-refractivity contribution is 6.00. The molecule has 0 unspecified atom stereocenters. The van der Waals surface area contributed by atoms with Crippen LogP contribution in [0.25, 0.3) is 0 Å². The minimum atomic E-state index is 0.322. The summed E-state index contributed by atoms with van der Waals surface area (Å²) in [5.74, 6) is 0. The normalized spacial score (nSPS) is 11.1. The van der Waals surface area contributed by atoms with Crippen LogP contribution < -0.4 is 0 Å². The minimum Gasteiger partial charge on any atom is -0.411 e. The molecule has 0 saturated carbocycles. The molecule has 0 aliphatic rings. The molecular weight excluding hydrogens is 218 g/mol. The van der Waals surface area contributed by atoms with Gasteiger partial charge in [-0.05, 0) is 12.1 Å². The van der Waals surface area contributed by atoms with E-state index < -0.39 is 0 Å². The summed E-state index contributed by atoms with van der Waals surface area (Å²) >= 11 is 0. The summed E-state index contributed by atoms with van der Waals surface area (Å²) in [6.45, 7) is 0.322. The lowest BCUT2D eigenvalue weighted by atomic mass is 10.1. The smallest absolute Gasteiger partial charge is 0.137 e. The lowest BCUT2D eigenvalue weighted by Crippen LogP contribution is -2.12. The minimum absolute atomic E-state index is 0.322. The van der Waals surface area contributed by atoms with Gasteiger partial charge in [-0.2, -0.15) is 10.4 Å². The van der Waals surface area contributed by atoms with Gasteiger partial charge < -0.3 is 5.21 Å². The molecule has 84 valence electrons. The van der Waals surface area contributed by atoms with Gasteiger partial charge in [0.25, 0.3) is 0 Å². The summed E-state index contributed by atoms with van der Waals surface area (Å²) in [4.78, 5) is 3.80. The molecule has 0 aliphatic heterocycles. The average molecular weight is 227 g/mol. The monoisotopic (exact) mass is 227 g/mol. The topological polar surface area (TPSA) is 87.1 Å². The molecule has 1 N–H and O–H groups in total. The van der Waals surface area contributed by atoms with Crippen LogP contribution in [0, 0.1) is 11.3 Å². The first-order valence-corrected chi connectivity index (χ1v) is 4.87. The first-order chi connectivity index (χ1) is 8.33. The van der Waals surface area contributed by atoms with E-state index in [-0.39, 0.29) is 0 Å². The first-order valence-electron chi connectivity index (χ1n) is 4.87. The summed E-state index contributed by atoms with van der Waals surface area (Å²) < 4.78 is 1.55. The van der Waals surface area contributed by atoms with Gasteiger partial charge in [0.1, 0.15) is 18.4 Å². The number of benzene rings is 1. The van der Waals surface area contributed by atoms with Gasteiger partial charge in [0.2, 0.25) is 0 Å². The maximum Gasteiger partial charge on any atom is 0.137 e. The molecule has 0 bridgehead atoms. The van der Waals surface area contributed by atoms with E-state index >= 15 is 0 Å². The summed E-state index contributed by atoms with van der Waals surface area (Å²) in [6, 6.07) is 8.82. The molecule has 0 aliphatic carbocycles. The van der Waals surface area contributed by atoms with Crippen LogP contribution in [-0.2, 0) is 6.54 Å². The maximum atomic E-state index is 8.97. The van der Waals surface area contributed by atoms with Crippen LogP contribution in [0.5, 0.6) is 0 Å². The molecule has 6 heteroatoms. The summed E-state index contributed by atoms with van der Waals surface area (Å²) in [5.41, 5.74) is 1.76. The third-order valence-corrected chi connectivity index (χ3v) is 2.25. The van der Waals surface area contributed by atoms with Gasteiger partial charge in [-0.1, -0.05) is 17.3 Å². The molecule has 0 atom stereocenters. The highest BCUT2D eigenvalue weighted by atomic mass is 16.4. The van der Waals surface area contributed by atoms with E-state index in [1.807, 2.05) is 6.07 Å². The van der Waals surface area contributed by atoms with Crippen LogP contribution in [0.15, 0.2) is 42.1 Å². The summed E-state index contributed by atoms with van der Waals surface area (Å²) in [6.07, 6.45) is 2.95. The second kappa shape index (κ2) is 4.90. The zero-order valence-electron chi connectivity index (χ0n) is 8.85. The quantitative estimate of drug-likeness (QED) is 0.482. The van der Waals surface area contributed by atoms with E-state index in [1.54, 1.807) is 28.9 Å². The molecule has 2 rings (SSSR count). The van der Waals surface area contributed by atoms with Crippen molar-refractivity contribution in [1.82, 2.24) is 14.8 Å². The Balaban J connectivity index is 2.21. The van der Waals surface area contributed by atoms with Crippen molar-refractivity contribution >= 4 is 5.71 Å².